The van der Waals surface area contributed by atoms with Crippen molar-refractivity contribution in [3.05, 3.63) is 53.1 Å². The molecule has 0 aromatic heterocycles. The molecular weight excluding hydrogens is 316 g/mol. The predicted molar refractivity (Wildman–Crippen MR) is 100.0 cm³/mol. The summed E-state index contributed by atoms with van der Waals surface area (Å²) >= 11 is 0. The summed E-state index contributed by atoms with van der Waals surface area (Å²) in [6.07, 6.45) is 4.74. The third-order valence-corrected chi connectivity index (χ3v) is 4.29. The molecule has 0 spiro atoms. The van der Waals surface area contributed by atoms with Crippen molar-refractivity contribution in [3.8, 4) is 17.2 Å². The molecule has 2 aromatic rings. The summed E-state index contributed by atoms with van der Waals surface area (Å²) in [4.78, 5) is 0. The lowest BCUT2D eigenvalue weighted by Crippen LogP contribution is -1.99. The Labute approximate surface area is 150 Å². The lowest BCUT2D eigenvalue weighted by atomic mass is 10.00. The van der Waals surface area contributed by atoms with Gasteiger partial charge in [-0.05, 0) is 60.9 Å². The van der Waals surface area contributed by atoms with Crippen LogP contribution in [0.1, 0.15) is 29.5 Å². The first kappa shape index (κ1) is 19.1. The normalized spacial score (nSPS) is 10.6. The Kier molecular flexibility index (Phi) is 7.61. The smallest absolute Gasteiger partial charge is 0.203 e. The summed E-state index contributed by atoms with van der Waals surface area (Å²) in [5, 5.41) is 8.90. The highest BCUT2D eigenvalue weighted by atomic mass is 16.5. The van der Waals surface area contributed by atoms with E-state index >= 15 is 0 Å². The molecule has 0 aliphatic rings. The van der Waals surface area contributed by atoms with Gasteiger partial charge < -0.3 is 19.3 Å². The number of rotatable bonds is 10. The zero-order valence-corrected chi connectivity index (χ0v) is 15.4. The van der Waals surface area contributed by atoms with E-state index in [1.807, 2.05) is 12.1 Å². The van der Waals surface area contributed by atoms with Crippen LogP contribution in [0.15, 0.2) is 36.4 Å². The molecule has 4 heteroatoms. The molecule has 0 radical (unpaired) electrons. The van der Waals surface area contributed by atoms with Gasteiger partial charge in [-0.25, -0.2) is 0 Å². The van der Waals surface area contributed by atoms with Gasteiger partial charge in [0.2, 0.25) is 5.75 Å². The van der Waals surface area contributed by atoms with E-state index in [0.717, 1.165) is 37.7 Å². The van der Waals surface area contributed by atoms with Crippen molar-refractivity contribution < 1.29 is 19.3 Å². The highest BCUT2D eigenvalue weighted by molar-refractivity contribution is 5.54. The van der Waals surface area contributed by atoms with Crippen LogP contribution >= 0.6 is 0 Å². The maximum atomic E-state index is 8.90. The van der Waals surface area contributed by atoms with Crippen LogP contribution in [0.25, 0.3) is 0 Å². The number of unbranched alkanes of at least 4 members (excludes halogenated alkanes) is 1. The van der Waals surface area contributed by atoms with Crippen molar-refractivity contribution in [2.75, 3.05) is 27.9 Å². The van der Waals surface area contributed by atoms with E-state index < -0.39 is 0 Å². The van der Waals surface area contributed by atoms with Gasteiger partial charge in [-0.1, -0.05) is 24.3 Å². The first-order valence-corrected chi connectivity index (χ1v) is 8.69. The molecule has 0 saturated heterocycles. The van der Waals surface area contributed by atoms with Crippen LogP contribution in [-0.2, 0) is 19.3 Å². The molecule has 2 aromatic carbocycles. The molecule has 25 heavy (non-hydrogen) atoms. The molecule has 0 aliphatic heterocycles. The first-order chi connectivity index (χ1) is 12.2. The second-order valence-corrected chi connectivity index (χ2v) is 6.03. The molecule has 136 valence electrons. The molecule has 0 unspecified atom stereocenters. The molecule has 0 heterocycles. The van der Waals surface area contributed by atoms with Crippen LogP contribution in [0.5, 0.6) is 17.2 Å². The van der Waals surface area contributed by atoms with Gasteiger partial charge in [0.15, 0.2) is 11.5 Å². The minimum atomic E-state index is 0.265. The molecule has 0 bridgehead atoms. The number of hydrogen-bond acceptors (Lipinski definition) is 4. The van der Waals surface area contributed by atoms with Crippen molar-refractivity contribution in [1.82, 2.24) is 0 Å². The van der Waals surface area contributed by atoms with E-state index in [-0.39, 0.29) is 6.61 Å². The van der Waals surface area contributed by atoms with Crippen molar-refractivity contribution in [2.24, 2.45) is 0 Å². The van der Waals surface area contributed by atoms with E-state index in [4.69, 9.17) is 19.3 Å². The number of aliphatic hydroxyl groups excluding tert-OH is 1. The predicted octanol–water partition coefficient (Wildman–Crippen LogP) is 3.81. The number of ether oxygens (including phenoxy) is 3. The molecule has 0 atom stereocenters. The molecule has 2 rings (SSSR count). The molecule has 0 fully saturated rings. The van der Waals surface area contributed by atoms with Gasteiger partial charge in [-0.2, -0.15) is 0 Å². The van der Waals surface area contributed by atoms with Gasteiger partial charge in [0.1, 0.15) is 0 Å². The zero-order valence-electron chi connectivity index (χ0n) is 15.4. The highest BCUT2D eigenvalue weighted by Gasteiger charge is 2.13. The quantitative estimate of drug-likeness (QED) is 0.666. The maximum Gasteiger partial charge on any atom is 0.203 e. The zero-order chi connectivity index (χ0) is 18.1. The van der Waals surface area contributed by atoms with Crippen LogP contribution in [0.3, 0.4) is 0 Å². The Morgan fingerprint density at radius 2 is 1.32 bits per heavy atom. The minimum absolute atomic E-state index is 0.265. The maximum absolute atomic E-state index is 8.90. The van der Waals surface area contributed by atoms with Gasteiger partial charge in [-0.3, -0.25) is 0 Å². The van der Waals surface area contributed by atoms with Gasteiger partial charge in [-0.15, -0.1) is 0 Å². The van der Waals surface area contributed by atoms with Gasteiger partial charge in [0.05, 0.1) is 21.3 Å². The van der Waals surface area contributed by atoms with Crippen LogP contribution in [-0.4, -0.2) is 33.0 Å². The highest BCUT2D eigenvalue weighted by Crippen LogP contribution is 2.38. The topological polar surface area (TPSA) is 47.9 Å². The second kappa shape index (κ2) is 9.94. The molecule has 0 aliphatic carbocycles. The summed E-state index contributed by atoms with van der Waals surface area (Å²) < 4.78 is 16.2. The SMILES string of the molecule is COc1cc(CCc2cccc(CCCCO)c2)cc(OC)c1OC. The second-order valence-electron chi connectivity index (χ2n) is 6.03. The Bertz CT molecular complexity index is 642. The molecular formula is C21H28O4. The fourth-order valence-electron chi connectivity index (χ4n) is 2.95. The lowest BCUT2D eigenvalue weighted by molar-refractivity contribution is 0.284. The molecule has 0 amide bonds. The van der Waals surface area contributed by atoms with Gasteiger partial charge in [0, 0.05) is 6.61 Å². The third-order valence-electron chi connectivity index (χ3n) is 4.29. The van der Waals surface area contributed by atoms with E-state index in [0.29, 0.717) is 17.2 Å². The fourth-order valence-corrected chi connectivity index (χ4v) is 2.95. The van der Waals surface area contributed by atoms with Crippen LogP contribution in [0.2, 0.25) is 0 Å². The molecule has 1 N–H and O–H groups in total. The van der Waals surface area contributed by atoms with Gasteiger partial charge >= 0.3 is 0 Å². The average Bonchev–Trinajstić information content (AvgIpc) is 2.66. The van der Waals surface area contributed by atoms with E-state index in [1.54, 1.807) is 21.3 Å². The monoisotopic (exact) mass is 344 g/mol. The Balaban J connectivity index is 2.07. The number of methoxy groups -OCH3 is 3. The van der Waals surface area contributed by atoms with Crippen LogP contribution in [0, 0.1) is 0 Å². The molecule has 0 saturated carbocycles. The Hall–Kier alpha value is -2.20. The summed E-state index contributed by atoms with van der Waals surface area (Å²) in [7, 11) is 4.89. The van der Waals surface area contributed by atoms with Crippen molar-refractivity contribution in [3.63, 3.8) is 0 Å². The summed E-state index contributed by atoms with van der Waals surface area (Å²) in [6, 6.07) is 12.7. The number of benzene rings is 2. The van der Waals surface area contributed by atoms with Crippen molar-refractivity contribution in [2.45, 2.75) is 32.1 Å². The van der Waals surface area contributed by atoms with Crippen molar-refractivity contribution in [1.29, 1.82) is 0 Å². The summed E-state index contributed by atoms with van der Waals surface area (Å²) in [5.41, 5.74) is 3.80. The van der Waals surface area contributed by atoms with Crippen LogP contribution < -0.4 is 14.2 Å². The number of hydrogen-bond donors (Lipinski definition) is 1. The number of aryl methyl sites for hydroxylation is 3. The molecule has 4 nitrogen and oxygen atoms in total. The van der Waals surface area contributed by atoms with E-state index in [2.05, 4.69) is 24.3 Å². The first-order valence-electron chi connectivity index (χ1n) is 8.69. The lowest BCUT2D eigenvalue weighted by Gasteiger charge is -2.14. The minimum Gasteiger partial charge on any atom is -0.493 e. The van der Waals surface area contributed by atoms with E-state index in [1.165, 1.54) is 11.1 Å². The van der Waals surface area contributed by atoms with Crippen molar-refractivity contribution >= 4 is 0 Å². The number of aliphatic hydroxyl groups is 1. The standard InChI is InChI=1S/C21H28O4/c1-23-19-14-18(15-20(24-2)21(19)25-3)11-10-17-9-6-8-16(13-17)7-4-5-12-22/h6,8-9,13-15,22H,4-5,7,10-12H2,1-3H3. The Morgan fingerprint density at radius 3 is 1.88 bits per heavy atom. The third kappa shape index (κ3) is 5.40. The van der Waals surface area contributed by atoms with Crippen LogP contribution in [0.4, 0.5) is 0 Å². The Morgan fingerprint density at radius 1 is 0.720 bits per heavy atom. The summed E-state index contributed by atoms with van der Waals surface area (Å²) in [5.74, 6) is 2.00. The largest absolute Gasteiger partial charge is 0.493 e. The van der Waals surface area contributed by atoms with E-state index in [9.17, 15) is 0 Å². The van der Waals surface area contributed by atoms with Gasteiger partial charge in [0.25, 0.3) is 0 Å². The summed E-state index contributed by atoms with van der Waals surface area (Å²) in [6.45, 7) is 0.265. The fraction of sp³-hybridized carbons (Fsp3) is 0.429. The average molecular weight is 344 g/mol.